The minimum absolute atomic E-state index is 0.821. The summed E-state index contributed by atoms with van der Waals surface area (Å²) in [5.41, 5.74) is 0. The van der Waals surface area contributed by atoms with Crippen LogP contribution in [0, 0.1) is 11.8 Å². The quantitative estimate of drug-likeness (QED) is 0.614. The summed E-state index contributed by atoms with van der Waals surface area (Å²) in [5, 5.41) is 3.48. The number of fused-ring (bicyclic) bond motifs is 1. The van der Waals surface area contributed by atoms with Gasteiger partial charge in [0, 0.05) is 4.83 Å². The van der Waals surface area contributed by atoms with Crippen molar-refractivity contribution < 1.29 is 0 Å². The Kier molecular flexibility index (Phi) is 2.52. The van der Waals surface area contributed by atoms with E-state index >= 15 is 0 Å². The number of alkyl halides is 1. The van der Waals surface area contributed by atoms with E-state index in [9.17, 15) is 0 Å². The zero-order chi connectivity index (χ0) is 7.68. The predicted molar refractivity (Wildman–Crippen MR) is 51.0 cm³/mol. The van der Waals surface area contributed by atoms with Gasteiger partial charge in [0.1, 0.15) is 0 Å². The standard InChI is InChI=1S/C9H16BrN/c10-9-2-1-8-6-11-4-3-7(8)5-9/h7-9,11H,1-6H2/t7-,8+,9+/m0/s1. The van der Waals surface area contributed by atoms with Gasteiger partial charge in [-0.25, -0.2) is 0 Å². The van der Waals surface area contributed by atoms with Gasteiger partial charge in [0.15, 0.2) is 0 Å². The molecule has 64 valence electrons. The lowest BCUT2D eigenvalue weighted by Crippen LogP contribution is -2.40. The second-order valence-corrected chi connectivity index (χ2v) is 5.22. The zero-order valence-corrected chi connectivity index (χ0v) is 8.44. The van der Waals surface area contributed by atoms with Crippen LogP contribution in [-0.4, -0.2) is 17.9 Å². The first kappa shape index (κ1) is 8.06. The van der Waals surface area contributed by atoms with Crippen LogP contribution in [0.15, 0.2) is 0 Å². The molecular formula is C9H16BrN. The molecule has 0 aromatic rings. The molecule has 1 saturated heterocycles. The van der Waals surface area contributed by atoms with E-state index in [1.54, 1.807) is 0 Å². The van der Waals surface area contributed by atoms with Gasteiger partial charge in [0.2, 0.25) is 0 Å². The molecule has 0 unspecified atom stereocenters. The van der Waals surface area contributed by atoms with Crippen LogP contribution in [0.25, 0.3) is 0 Å². The largest absolute Gasteiger partial charge is 0.316 e. The monoisotopic (exact) mass is 217 g/mol. The fraction of sp³-hybridized carbons (Fsp3) is 1.00. The average Bonchev–Trinajstić information content (AvgIpc) is 2.04. The Morgan fingerprint density at radius 1 is 1.09 bits per heavy atom. The van der Waals surface area contributed by atoms with Crippen molar-refractivity contribution in [2.24, 2.45) is 11.8 Å². The first-order valence-electron chi connectivity index (χ1n) is 4.71. The Bertz CT molecular complexity index is 138. The molecule has 1 aliphatic carbocycles. The van der Waals surface area contributed by atoms with Gasteiger partial charge >= 0.3 is 0 Å². The maximum absolute atomic E-state index is 3.73. The van der Waals surface area contributed by atoms with Gasteiger partial charge in [0.25, 0.3) is 0 Å². The number of piperidine rings is 1. The average molecular weight is 218 g/mol. The smallest absolute Gasteiger partial charge is 0.0148 e. The molecule has 2 fully saturated rings. The summed E-state index contributed by atoms with van der Waals surface area (Å²) in [4.78, 5) is 0.821. The number of rotatable bonds is 0. The lowest BCUT2D eigenvalue weighted by molar-refractivity contribution is 0.191. The van der Waals surface area contributed by atoms with E-state index in [4.69, 9.17) is 0 Å². The SMILES string of the molecule is Br[C@@H]1CC[C@@H]2CNCC[C@H]2C1. The molecule has 2 aliphatic rings. The summed E-state index contributed by atoms with van der Waals surface area (Å²) in [6.07, 6.45) is 5.66. The van der Waals surface area contributed by atoms with Crippen molar-refractivity contribution in [1.82, 2.24) is 5.32 Å². The molecule has 0 bridgehead atoms. The summed E-state index contributed by atoms with van der Waals surface area (Å²) in [7, 11) is 0. The molecule has 2 heteroatoms. The van der Waals surface area contributed by atoms with E-state index in [2.05, 4.69) is 21.2 Å². The molecular weight excluding hydrogens is 202 g/mol. The van der Waals surface area contributed by atoms with E-state index in [0.29, 0.717) is 0 Å². The van der Waals surface area contributed by atoms with Crippen LogP contribution < -0.4 is 5.32 Å². The van der Waals surface area contributed by atoms with Gasteiger partial charge in [-0.3, -0.25) is 0 Å². The van der Waals surface area contributed by atoms with Gasteiger partial charge in [-0.05, 0) is 50.6 Å². The van der Waals surface area contributed by atoms with Crippen molar-refractivity contribution in [3.05, 3.63) is 0 Å². The highest BCUT2D eigenvalue weighted by atomic mass is 79.9. The van der Waals surface area contributed by atoms with Crippen molar-refractivity contribution in [1.29, 1.82) is 0 Å². The summed E-state index contributed by atoms with van der Waals surface area (Å²) < 4.78 is 0. The van der Waals surface area contributed by atoms with Crippen LogP contribution in [0.5, 0.6) is 0 Å². The molecule has 0 spiro atoms. The summed E-state index contributed by atoms with van der Waals surface area (Å²) in [6, 6.07) is 0. The Morgan fingerprint density at radius 3 is 2.91 bits per heavy atom. The number of hydrogen-bond acceptors (Lipinski definition) is 1. The number of hydrogen-bond donors (Lipinski definition) is 1. The lowest BCUT2D eigenvalue weighted by atomic mass is 9.76. The Morgan fingerprint density at radius 2 is 2.00 bits per heavy atom. The van der Waals surface area contributed by atoms with Gasteiger partial charge < -0.3 is 5.32 Å². The molecule has 0 aromatic heterocycles. The van der Waals surface area contributed by atoms with Crippen molar-refractivity contribution in [2.75, 3.05) is 13.1 Å². The number of halogens is 1. The third-order valence-electron chi connectivity index (χ3n) is 3.17. The maximum atomic E-state index is 3.73. The van der Waals surface area contributed by atoms with Crippen molar-refractivity contribution in [3.8, 4) is 0 Å². The second-order valence-electron chi connectivity index (χ2n) is 3.92. The maximum Gasteiger partial charge on any atom is 0.0148 e. The van der Waals surface area contributed by atoms with E-state index < -0.39 is 0 Å². The Hall–Kier alpha value is 0.440. The highest BCUT2D eigenvalue weighted by Gasteiger charge is 2.30. The fourth-order valence-corrected chi connectivity index (χ4v) is 3.21. The molecule has 3 atom stereocenters. The van der Waals surface area contributed by atoms with Crippen molar-refractivity contribution in [3.63, 3.8) is 0 Å². The molecule has 2 rings (SSSR count). The third kappa shape index (κ3) is 1.78. The zero-order valence-electron chi connectivity index (χ0n) is 6.85. The second kappa shape index (κ2) is 3.44. The Labute approximate surface area is 77.1 Å². The van der Waals surface area contributed by atoms with Gasteiger partial charge in [-0.15, -0.1) is 0 Å². The van der Waals surface area contributed by atoms with Crippen LogP contribution in [0.2, 0.25) is 0 Å². The van der Waals surface area contributed by atoms with Crippen LogP contribution in [-0.2, 0) is 0 Å². The van der Waals surface area contributed by atoms with E-state index in [0.717, 1.165) is 16.7 Å². The first-order valence-corrected chi connectivity index (χ1v) is 5.62. The molecule has 1 saturated carbocycles. The summed E-state index contributed by atoms with van der Waals surface area (Å²) >= 11 is 3.73. The summed E-state index contributed by atoms with van der Waals surface area (Å²) in [6.45, 7) is 2.53. The van der Waals surface area contributed by atoms with E-state index in [-0.39, 0.29) is 0 Å². The van der Waals surface area contributed by atoms with Crippen LogP contribution in [0.4, 0.5) is 0 Å². The minimum atomic E-state index is 0.821. The topological polar surface area (TPSA) is 12.0 Å². The molecule has 0 aromatic carbocycles. The van der Waals surface area contributed by atoms with Crippen LogP contribution in [0.1, 0.15) is 25.7 Å². The van der Waals surface area contributed by atoms with Gasteiger partial charge in [0.05, 0.1) is 0 Å². The summed E-state index contributed by atoms with van der Waals surface area (Å²) in [5.74, 6) is 2.02. The van der Waals surface area contributed by atoms with Crippen molar-refractivity contribution >= 4 is 15.9 Å². The lowest BCUT2D eigenvalue weighted by Gasteiger charge is -2.37. The van der Waals surface area contributed by atoms with Gasteiger partial charge in [-0.2, -0.15) is 0 Å². The molecule has 1 heterocycles. The molecule has 11 heavy (non-hydrogen) atoms. The van der Waals surface area contributed by atoms with E-state index in [1.807, 2.05) is 0 Å². The highest BCUT2D eigenvalue weighted by Crippen LogP contribution is 2.36. The van der Waals surface area contributed by atoms with Crippen LogP contribution >= 0.6 is 15.9 Å². The predicted octanol–water partition coefficient (Wildman–Crippen LogP) is 2.16. The first-order chi connectivity index (χ1) is 5.36. The number of nitrogens with one attached hydrogen (secondary N) is 1. The molecule has 1 nitrogen and oxygen atoms in total. The normalized spacial score (nSPS) is 45.0. The third-order valence-corrected chi connectivity index (χ3v) is 4.01. The molecule has 1 N–H and O–H groups in total. The highest BCUT2D eigenvalue weighted by molar-refractivity contribution is 9.09. The minimum Gasteiger partial charge on any atom is -0.316 e. The van der Waals surface area contributed by atoms with Gasteiger partial charge in [-0.1, -0.05) is 15.9 Å². The Balaban J connectivity index is 1.93. The van der Waals surface area contributed by atoms with Crippen molar-refractivity contribution in [2.45, 2.75) is 30.5 Å². The van der Waals surface area contributed by atoms with E-state index in [1.165, 1.54) is 38.8 Å². The molecule has 0 amide bonds. The molecule has 1 aliphatic heterocycles. The fourth-order valence-electron chi connectivity index (χ4n) is 2.47. The van der Waals surface area contributed by atoms with Crippen LogP contribution in [0.3, 0.4) is 0 Å². The molecule has 0 radical (unpaired) electrons.